The standard InChI is InChI=1S/C13H16BrN3O2/c1-9(13(18)16-6-7-19-2)17-12-5-3-4-11(14)10(12)8-15/h3-5,9,17H,6-7H2,1-2H3,(H,16,18). The molecule has 1 unspecified atom stereocenters. The number of nitrogens with zero attached hydrogens (tertiary/aromatic N) is 1. The number of hydrogen-bond acceptors (Lipinski definition) is 4. The number of nitriles is 1. The summed E-state index contributed by atoms with van der Waals surface area (Å²) in [5.41, 5.74) is 1.12. The predicted molar refractivity (Wildman–Crippen MR) is 76.8 cm³/mol. The highest BCUT2D eigenvalue weighted by atomic mass is 79.9. The van der Waals surface area contributed by atoms with Crippen molar-refractivity contribution in [2.75, 3.05) is 25.6 Å². The van der Waals surface area contributed by atoms with Crippen LogP contribution in [0.5, 0.6) is 0 Å². The quantitative estimate of drug-likeness (QED) is 0.783. The van der Waals surface area contributed by atoms with Gasteiger partial charge in [0.2, 0.25) is 5.91 Å². The smallest absolute Gasteiger partial charge is 0.242 e. The van der Waals surface area contributed by atoms with Gasteiger partial charge in [0.25, 0.3) is 0 Å². The van der Waals surface area contributed by atoms with E-state index in [-0.39, 0.29) is 5.91 Å². The Bertz CT molecular complexity index is 485. The molecule has 1 amide bonds. The lowest BCUT2D eigenvalue weighted by Crippen LogP contribution is -2.39. The Morgan fingerprint density at radius 1 is 1.58 bits per heavy atom. The number of carbonyl (C=O) groups excluding carboxylic acids is 1. The maximum Gasteiger partial charge on any atom is 0.242 e. The molecule has 0 saturated heterocycles. The lowest BCUT2D eigenvalue weighted by atomic mass is 10.1. The molecule has 0 fully saturated rings. The summed E-state index contributed by atoms with van der Waals surface area (Å²) < 4.78 is 5.56. The molecule has 0 spiro atoms. The van der Waals surface area contributed by atoms with Crippen LogP contribution in [0, 0.1) is 11.3 Å². The number of methoxy groups -OCH3 is 1. The van der Waals surface area contributed by atoms with Crippen molar-refractivity contribution < 1.29 is 9.53 Å². The van der Waals surface area contributed by atoms with Crippen LogP contribution in [0.25, 0.3) is 0 Å². The number of nitrogens with one attached hydrogen (secondary N) is 2. The topological polar surface area (TPSA) is 74.2 Å². The van der Waals surface area contributed by atoms with Crippen LogP contribution in [-0.4, -0.2) is 32.2 Å². The molecule has 0 aliphatic rings. The van der Waals surface area contributed by atoms with E-state index in [1.165, 1.54) is 0 Å². The number of benzene rings is 1. The predicted octanol–water partition coefficient (Wildman–Crippen LogP) is 1.88. The lowest BCUT2D eigenvalue weighted by Gasteiger charge is -2.16. The molecule has 1 atom stereocenters. The zero-order chi connectivity index (χ0) is 14.3. The Morgan fingerprint density at radius 3 is 2.95 bits per heavy atom. The second kappa shape index (κ2) is 7.77. The molecule has 6 heteroatoms. The molecule has 102 valence electrons. The average Bonchev–Trinajstić information content (AvgIpc) is 2.39. The van der Waals surface area contributed by atoms with Crippen molar-refractivity contribution in [2.24, 2.45) is 0 Å². The molecule has 0 bridgehead atoms. The van der Waals surface area contributed by atoms with Crippen LogP contribution in [0.3, 0.4) is 0 Å². The van der Waals surface area contributed by atoms with Gasteiger partial charge in [0.15, 0.2) is 0 Å². The maximum absolute atomic E-state index is 11.8. The van der Waals surface area contributed by atoms with Crippen LogP contribution in [0.1, 0.15) is 12.5 Å². The summed E-state index contributed by atoms with van der Waals surface area (Å²) >= 11 is 3.31. The molecule has 1 rings (SSSR count). The van der Waals surface area contributed by atoms with Gasteiger partial charge in [-0.3, -0.25) is 4.79 Å². The van der Waals surface area contributed by atoms with Crippen molar-refractivity contribution in [3.8, 4) is 6.07 Å². The first-order valence-electron chi connectivity index (χ1n) is 5.82. The van der Waals surface area contributed by atoms with E-state index in [4.69, 9.17) is 10.00 Å². The second-order valence-corrected chi connectivity index (χ2v) is 4.78. The van der Waals surface area contributed by atoms with Gasteiger partial charge in [0, 0.05) is 18.1 Å². The third kappa shape index (κ3) is 4.54. The van der Waals surface area contributed by atoms with Crippen molar-refractivity contribution in [2.45, 2.75) is 13.0 Å². The van der Waals surface area contributed by atoms with Crippen molar-refractivity contribution in [3.63, 3.8) is 0 Å². The average molecular weight is 326 g/mol. The number of ether oxygens (including phenoxy) is 1. The molecule has 0 aliphatic heterocycles. The highest BCUT2D eigenvalue weighted by Gasteiger charge is 2.14. The molecular weight excluding hydrogens is 310 g/mol. The molecule has 0 aromatic heterocycles. The van der Waals surface area contributed by atoms with Crippen LogP contribution >= 0.6 is 15.9 Å². The van der Waals surface area contributed by atoms with Crippen molar-refractivity contribution in [3.05, 3.63) is 28.2 Å². The van der Waals surface area contributed by atoms with Gasteiger partial charge in [0.1, 0.15) is 12.1 Å². The van der Waals surface area contributed by atoms with E-state index in [2.05, 4.69) is 32.6 Å². The molecule has 0 radical (unpaired) electrons. The maximum atomic E-state index is 11.8. The fourth-order valence-electron chi connectivity index (χ4n) is 1.49. The molecule has 19 heavy (non-hydrogen) atoms. The summed E-state index contributed by atoms with van der Waals surface area (Å²) in [6.07, 6.45) is 0. The van der Waals surface area contributed by atoms with Crippen molar-refractivity contribution in [1.29, 1.82) is 5.26 Å². The van der Waals surface area contributed by atoms with E-state index in [9.17, 15) is 4.79 Å². The van der Waals surface area contributed by atoms with E-state index >= 15 is 0 Å². The first-order valence-corrected chi connectivity index (χ1v) is 6.61. The number of carbonyl (C=O) groups is 1. The van der Waals surface area contributed by atoms with E-state index in [1.807, 2.05) is 6.07 Å². The van der Waals surface area contributed by atoms with Gasteiger partial charge in [0.05, 0.1) is 17.9 Å². The van der Waals surface area contributed by atoms with Gasteiger partial charge in [-0.2, -0.15) is 5.26 Å². The molecule has 0 saturated carbocycles. The molecule has 1 aromatic rings. The van der Waals surface area contributed by atoms with Gasteiger partial charge in [-0.1, -0.05) is 6.07 Å². The summed E-state index contributed by atoms with van der Waals surface area (Å²) in [6, 6.07) is 7.03. The van der Waals surface area contributed by atoms with Crippen LogP contribution in [-0.2, 0) is 9.53 Å². The largest absolute Gasteiger partial charge is 0.383 e. The second-order valence-electron chi connectivity index (χ2n) is 3.92. The monoisotopic (exact) mass is 325 g/mol. The Balaban J connectivity index is 2.67. The summed E-state index contributed by atoms with van der Waals surface area (Å²) in [7, 11) is 1.58. The van der Waals surface area contributed by atoms with E-state index in [0.717, 1.165) is 0 Å². The molecule has 5 nitrogen and oxygen atoms in total. The Hall–Kier alpha value is -1.58. The number of amides is 1. The number of halogens is 1. The highest BCUT2D eigenvalue weighted by Crippen LogP contribution is 2.24. The number of rotatable bonds is 6. The van der Waals surface area contributed by atoms with Crippen molar-refractivity contribution >= 4 is 27.5 Å². The fourth-order valence-corrected chi connectivity index (χ4v) is 1.94. The molecule has 2 N–H and O–H groups in total. The van der Waals surface area contributed by atoms with Gasteiger partial charge < -0.3 is 15.4 Å². The van der Waals surface area contributed by atoms with Crippen LogP contribution < -0.4 is 10.6 Å². The summed E-state index contributed by atoms with van der Waals surface area (Å²) in [5.74, 6) is -0.138. The minimum Gasteiger partial charge on any atom is -0.383 e. The Morgan fingerprint density at radius 2 is 2.32 bits per heavy atom. The first-order chi connectivity index (χ1) is 9.10. The molecule has 0 heterocycles. The van der Waals surface area contributed by atoms with Crippen LogP contribution in [0.15, 0.2) is 22.7 Å². The number of anilines is 1. The van der Waals surface area contributed by atoms with E-state index in [0.29, 0.717) is 28.9 Å². The molecule has 0 aliphatic carbocycles. The van der Waals surface area contributed by atoms with Crippen molar-refractivity contribution in [1.82, 2.24) is 5.32 Å². The summed E-state index contributed by atoms with van der Waals surface area (Å²) in [5, 5.41) is 14.8. The minimum atomic E-state index is -0.432. The molecule has 1 aromatic carbocycles. The summed E-state index contributed by atoms with van der Waals surface area (Å²) in [6.45, 7) is 2.67. The third-order valence-corrected chi connectivity index (χ3v) is 3.16. The van der Waals surface area contributed by atoms with Gasteiger partial charge in [-0.15, -0.1) is 0 Å². The Labute approximate surface area is 121 Å². The number of hydrogen-bond donors (Lipinski definition) is 2. The summed E-state index contributed by atoms with van der Waals surface area (Å²) in [4.78, 5) is 11.8. The first kappa shape index (κ1) is 15.5. The molecular formula is C13H16BrN3O2. The Kier molecular flexibility index (Phi) is 6.33. The SMILES string of the molecule is COCCNC(=O)C(C)Nc1cccc(Br)c1C#N. The minimum absolute atomic E-state index is 0.138. The third-order valence-electron chi connectivity index (χ3n) is 2.50. The zero-order valence-electron chi connectivity index (χ0n) is 10.9. The zero-order valence-corrected chi connectivity index (χ0v) is 12.5. The normalized spacial score (nSPS) is 11.5. The highest BCUT2D eigenvalue weighted by molar-refractivity contribution is 9.10. The van der Waals surface area contributed by atoms with E-state index in [1.54, 1.807) is 26.2 Å². The van der Waals surface area contributed by atoms with Gasteiger partial charge in [-0.05, 0) is 35.0 Å². The lowest BCUT2D eigenvalue weighted by molar-refractivity contribution is -0.121. The van der Waals surface area contributed by atoms with Gasteiger partial charge >= 0.3 is 0 Å². The van der Waals surface area contributed by atoms with Crippen LogP contribution in [0.4, 0.5) is 5.69 Å². The van der Waals surface area contributed by atoms with E-state index < -0.39 is 6.04 Å². The van der Waals surface area contributed by atoms with Gasteiger partial charge in [-0.25, -0.2) is 0 Å². The fraction of sp³-hybridized carbons (Fsp3) is 0.385. The van der Waals surface area contributed by atoms with Crippen LogP contribution in [0.2, 0.25) is 0 Å².